The summed E-state index contributed by atoms with van der Waals surface area (Å²) in [6.07, 6.45) is 1.04. The lowest BCUT2D eigenvalue weighted by molar-refractivity contribution is 0.152. The number of benzene rings is 1. The summed E-state index contributed by atoms with van der Waals surface area (Å²) in [5, 5.41) is 11.6. The van der Waals surface area contributed by atoms with Gasteiger partial charge in [0, 0.05) is 30.9 Å². The van der Waals surface area contributed by atoms with Crippen molar-refractivity contribution in [2.45, 2.75) is 6.42 Å². The van der Waals surface area contributed by atoms with Gasteiger partial charge in [0.1, 0.15) is 0 Å². The van der Waals surface area contributed by atoms with E-state index in [1.807, 2.05) is 24.3 Å². The smallest absolute Gasteiger partial charge is 0.170 e. The fourth-order valence-corrected chi connectivity index (χ4v) is 1.91. The van der Waals surface area contributed by atoms with Gasteiger partial charge < -0.3 is 20.6 Å². The summed E-state index contributed by atoms with van der Waals surface area (Å²) >= 11 is 0. The van der Waals surface area contributed by atoms with Gasteiger partial charge in [0.25, 0.3) is 0 Å². The van der Waals surface area contributed by atoms with Crippen LogP contribution < -0.4 is 10.6 Å². The SMILES string of the molecule is N/C(=N/O)c1ccc(N2CCCOCC2)cc1. The lowest BCUT2D eigenvalue weighted by Gasteiger charge is -2.22. The summed E-state index contributed by atoms with van der Waals surface area (Å²) in [6.45, 7) is 3.51. The third-order valence-corrected chi connectivity index (χ3v) is 2.86. The highest BCUT2D eigenvalue weighted by atomic mass is 16.5. The number of nitrogens with two attached hydrogens (primary N) is 1. The molecule has 1 saturated heterocycles. The standard InChI is InChI=1S/C12H17N3O2/c13-12(14-16)10-2-4-11(5-3-10)15-6-1-8-17-9-7-15/h2-5,16H,1,6-9H2,(H2,13,14). The summed E-state index contributed by atoms with van der Waals surface area (Å²) in [7, 11) is 0. The van der Waals surface area contributed by atoms with Crippen molar-refractivity contribution in [2.75, 3.05) is 31.2 Å². The Morgan fingerprint density at radius 2 is 2.00 bits per heavy atom. The lowest BCUT2D eigenvalue weighted by atomic mass is 10.2. The molecule has 3 N–H and O–H groups in total. The fraction of sp³-hybridized carbons (Fsp3) is 0.417. The maximum absolute atomic E-state index is 8.58. The largest absolute Gasteiger partial charge is 0.409 e. The highest BCUT2D eigenvalue weighted by molar-refractivity contribution is 5.97. The highest BCUT2D eigenvalue weighted by Crippen LogP contribution is 2.16. The summed E-state index contributed by atoms with van der Waals surface area (Å²) in [6, 6.07) is 7.68. The van der Waals surface area contributed by atoms with E-state index in [0.29, 0.717) is 0 Å². The molecule has 0 amide bonds. The van der Waals surface area contributed by atoms with Crippen molar-refractivity contribution < 1.29 is 9.94 Å². The molecular weight excluding hydrogens is 218 g/mol. The zero-order valence-electron chi connectivity index (χ0n) is 9.67. The molecule has 1 aromatic rings. The third-order valence-electron chi connectivity index (χ3n) is 2.86. The number of ether oxygens (including phenoxy) is 1. The van der Waals surface area contributed by atoms with Crippen molar-refractivity contribution in [1.29, 1.82) is 0 Å². The number of hydrogen-bond acceptors (Lipinski definition) is 4. The maximum atomic E-state index is 8.58. The minimum Gasteiger partial charge on any atom is -0.409 e. The monoisotopic (exact) mass is 235 g/mol. The van der Waals surface area contributed by atoms with Crippen molar-refractivity contribution in [1.82, 2.24) is 0 Å². The molecule has 5 nitrogen and oxygen atoms in total. The number of amidine groups is 1. The number of hydrogen-bond donors (Lipinski definition) is 2. The Labute approximate surface area is 100 Å². The van der Waals surface area contributed by atoms with Crippen molar-refractivity contribution in [3.63, 3.8) is 0 Å². The molecule has 92 valence electrons. The fourth-order valence-electron chi connectivity index (χ4n) is 1.91. The van der Waals surface area contributed by atoms with E-state index in [-0.39, 0.29) is 5.84 Å². The van der Waals surface area contributed by atoms with E-state index < -0.39 is 0 Å². The summed E-state index contributed by atoms with van der Waals surface area (Å²) in [5.41, 5.74) is 7.38. The Balaban J connectivity index is 2.11. The third kappa shape index (κ3) is 2.88. The van der Waals surface area contributed by atoms with E-state index in [1.165, 1.54) is 0 Å². The first-order chi connectivity index (χ1) is 8.31. The minimum atomic E-state index is 0.135. The van der Waals surface area contributed by atoms with Gasteiger partial charge >= 0.3 is 0 Å². The van der Waals surface area contributed by atoms with Gasteiger partial charge in [-0.25, -0.2) is 0 Å². The average molecular weight is 235 g/mol. The van der Waals surface area contributed by atoms with Gasteiger partial charge in [-0.1, -0.05) is 5.16 Å². The first kappa shape index (κ1) is 11.7. The molecule has 1 aliphatic rings. The molecule has 0 aromatic heterocycles. The zero-order valence-corrected chi connectivity index (χ0v) is 9.67. The second-order valence-corrected chi connectivity index (χ2v) is 3.99. The van der Waals surface area contributed by atoms with E-state index in [1.54, 1.807) is 0 Å². The topological polar surface area (TPSA) is 71.1 Å². The van der Waals surface area contributed by atoms with Crippen LogP contribution in [0.5, 0.6) is 0 Å². The molecule has 0 spiro atoms. The Morgan fingerprint density at radius 1 is 1.24 bits per heavy atom. The quantitative estimate of drug-likeness (QED) is 0.347. The number of anilines is 1. The van der Waals surface area contributed by atoms with Crippen LogP contribution in [0.4, 0.5) is 5.69 Å². The van der Waals surface area contributed by atoms with Crippen LogP contribution in [0, 0.1) is 0 Å². The van der Waals surface area contributed by atoms with Crippen LogP contribution in [-0.4, -0.2) is 37.3 Å². The minimum absolute atomic E-state index is 0.135. The van der Waals surface area contributed by atoms with Crippen LogP contribution in [0.3, 0.4) is 0 Å². The average Bonchev–Trinajstić information content (AvgIpc) is 2.67. The first-order valence-electron chi connectivity index (χ1n) is 5.72. The predicted octanol–water partition coefficient (Wildman–Crippen LogP) is 1.01. The second-order valence-electron chi connectivity index (χ2n) is 3.99. The molecule has 17 heavy (non-hydrogen) atoms. The van der Waals surface area contributed by atoms with E-state index in [0.717, 1.165) is 44.0 Å². The van der Waals surface area contributed by atoms with Gasteiger partial charge in [-0.3, -0.25) is 0 Å². The van der Waals surface area contributed by atoms with E-state index >= 15 is 0 Å². The van der Waals surface area contributed by atoms with E-state index in [2.05, 4.69) is 10.1 Å². The number of nitrogens with zero attached hydrogens (tertiary/aromatic N) is 2. The van der Waals surface area contributed by atoms with Gasteiger partial charge in [0.15, 0.2) is 5.84 Å². The molecule has 0 radical (unpaired) electrons. The number of rotatable bonds is 2. The first-order valence-corrected chi connectivity index (χ1v) is 5.72. The molecule has 2 rings (SSSR count). The van der Waals surface area contributed by atoms with Crippen LogP contribution in [0.15, 0.2) is 29.4 Å². The van der Waals surface area contributed by atoms with Crippen molar-refractivity contribution >= 4 is 11.5 Å². The molecule has 0 atom stereocenters. The van der Waals surface area contributed by atoms with Gasteiger partial charge in [0.05, 0.1) is 6.61 Å². The molecule has 0 aliphatic carbocycles. The Hall–Kier alpha value is -1.75. The lowest BCUT2D eigenvalue weighted by Crippen LogP contribution is -2.25. The van der Waals surface area contributed by atoms with Gasteiger partial charge in [-0.2, -0.15) is 0 Å². The van der Waals surface area contributed by atoms with Crippen LogP contribution in [0.2, 0.25) is 0 Å². The van der Waals surface area contributed by atoms with Gasteiger partial charge in [-0.15, -0.1) is 0 Å². The van der Waals surface area contributed by atoms with E-state index in [9.17, 15) is 0 Å². The van der Waals surface area contributed by atoms with Crippen LogP contribution in [0.1, 0.15) is 12.0 Å². The summed E-state index contributed by atoms with van der Waals surface area (Å²) in [5.74, 6) is 0.135. The maximum Gasteiger partial charge on any atom is 0.170 e. The van der Waals surface area contributed by atoms with Crippen molar-refractivity contribution in [2.24, 2.45) is 10.9 Å². The van der Waals surface area contributed by atoms with Crippen LogP contribution in [0.25, 0.3) is 0 Å². The summed E-state index contributed by atoms with van der Waals surface area (Å²) in [4.78, 5) is 2.28. The normalized spacial score (nSPS) is 17.9. The molecule has 0 bridgehead atoms. The van der Waals surface area contributed by atoms with Crippen LogP contribution >= 0.6 is 0 Å². The Morgan fingerprint density at radius 3 is 2.71 bits per heavy atom. The van der Waals surface area contributed by atoms with E-state index in [4.69, 9.17) is 15.7 Å². The predicted molar refractivity (Wildman–Crippen MR) is 66.6 cm³/mol. The molecule has 1 fully saturated rings. The van der Waals surface area contributed by atoms with Crippen LogP contribution in [-0.2, 0) is 4.74 Å². The Bertz CT molecular complexity index is 381. The summed E-state index contributed by atoms with van der Waals surface area (Å²) < 4.78 is 5.41. The number of oxime groups is 1. The van der Waals surface area contributed by atoms with Gasteiger partial charge in [0.2, 0.25) is 0 Å². The molecule has 0 unspecified atom stereocenters. The van der Waals surface area contributed by atoms with Crippen molar-refractivity contribution in [3.05, 3.63) is 29.8 Å². The van der Waals surface area contributed by atoms with Gasteiger partial charge in [-0.05, 0) is 30.7 Å². The highest BCUT2D eigenvalue weighted by Gasteiger charge is 2.10. The molecule has 0 saturated carbocycles. The Kier molecular flexibility index (Phi) is 3.82. The molecule has 1 aromatic carbocycles. The molecule has 5 heteroatoms. The molecular formula is C12H17N3O2. The van der Waals surface area contributed by atoms with Crippen molar-refractivity contribution in [3.8, 4) is 0 Å². The second kappa shape index (κ2) is 5.54. The zero-order chi connectivity index (χ0) is 12.1. The molecule has 1 heterocycles. The molecule has 1 aliphatic heterocycles.